The molecule has 1 fully saturated rings. The summed E-state index contributed by atoms with van der Waals surface area (Å²) in [5.41, 5.74) is -0.109. The molecule has 0 spiro atoms. The molecule has 1 unspecified atom stereocenters. The fourth-order valence-corrected chi connectivity index (χ4v) is 2.22. The van der Waals surface area contributed by atoms with Gasteiger partial charge in [-0.05, 0) is 31.5 Å². The number of carbonyl (C=O) groups is 2. The number of hydrogen-bond donors (Lipinski definition) is 1. The van der Waals surface area contributed by atoms with Crippen molar-refractivity contribution in [2.24, 2.45) is 0 Å². The topological polar surface area (TPSA) is 92.6 Å². The maximum absolute atomic E-state index is 12.5. The van der Waals surface area contributed by atoms with Gasteiger partial charge in [0.15, 0.2) is 0 Å². The summed E-state index contributed by atoms with van der Waals surface area (Å²) in [4.78, 5) is 35.6. The van der Waals surface area contributed by atoms with Gasteiger partial charge in [-0.25, -0.2) is 4.79 Å². The van der Waals surface area contributed by atoms with Crippen molar-refractivity contribution in [1.82, 2.24) is 10.2 Å². The number of nitrogens with zero attached hydrogens (tertiary/aromatic N) is 2. The smallest absolute Gasteiger partial charge is 0.319 e. The summed E-state index contributed by atoms with van der Waals surface area (Å²) in [6, 6.07) is 5.06. The average molecular weight is 289 g/mol. The van der Waals surface area contributed by atoms with Crippen LogP contribution in [0.3, 0.4) is 0 Å². The van der Waals surface area contributed by atoms with Crippen molar-refractivity contribution in [3.05, 3.63) is 52.1 Å². The third kappa shape index (κ3) is 2.49. The van der Waals surface area contributed by atoms with E-state index in [0.717, 1.165) is 4.90 Å². The first-order valence-corrected chi connectivity index (χ1v) is 6.29. The summed E-state index contributed by atoms with van der Waals surface area (Å²) in [5.74, 6) is -0.399. The number of imide groups is 1. The monoisotopic (exact) mass is 289 g/mol. The Balaban J connectivity index is 2.34. The number of carbonyl (C=O) groups excluding carboxylic acids is 2. The highest BCUT2D eigenvalue weighted by Crippen LogP contribution is 2.30. The van der Waals surface area contributed by atoms with Gasteiger partial charge < -0.3 is 5.32 Å². The first-order valence-electron chi connectivity index (χ1n) is 6.29. The van der Waals surface area contributed by atoms with Crippen LogP contribution in [-0.2, 0) is 10.3 Å². The van der Waals surface area contributed by atoms with E-state index in [4.69, 9.17) is 0 Å². The Labute approximate surface area is 121 Å². The summed E-state index contributed by atoms with van der Waals surface area (Å²) >= 11 is 0. The van der Waals surface area contributed by atoms with Gasteiger partial charge in [0.05, 0.1) is 11.5 Å². The number of hydrogen-bond acceptors (Lipinski definition) is 4. The zero-order chi connectivity index (χ0) is 15.8. The van der Waals surface area contributed by atoms with Gasteiger partial charge >= 0.3 is 6.03 Å². The molecule has 1 aliphatic heterocycles. The number of benzene rings is 1. The van der Waals surface area contributed by atoms with E-state index in [9.17, 15) is 19.7 Å². The van der Waals surface area contributed by atoms with Crippen LogP contribution in [0.2, 0.25) is 0 Å². The maximum Gasteiger partial charge on any atom is 0.325 e. The largest absolute Gasteiger partial charge is 0.325 e. The molecule has 0 saturated carbocycles. The average Bonchev–Trinajstić information content (AvgIpc) is 2.63. The SMILES string of the molecule is C=C(C)CN1C(=O)NC(C)(c2ccc([N+](=O)[O-])cc2)C1=O. The molecule has 3 amide bonds. The lowest BCUT2D eigenvalue weighted by molar-refractivity contribution is -0.384. The fourth-order valence-electron chi connectivity index (χ4n) is 2.22. The number of nitro benzene ring substituents is 1. The lowest BCUT2D eigenvalue weighted by Crippen LogP contribution is -2.41. The van der Waals surface area contributed by atoms with Crippen LogP contribution in [0.4, 0.5) is 10.5 Å². The molecule has 0 radical (unpaired) electrons. The summed E-state index contributed by atoms with van der Waals surface area (Å²) in [6.45, 7) is 7.14. The molecule has 1 aromatic rings. The zero-order valence-corrected chi connectivity index (χ0v) is 11.8. The molecule has 0 aromatic heterocycles. The van der Waals surface area contributed by atoms with E-state index in [1.54, 1.807) is 13.8 Å². The molecule has 0 bridgehead atoms. The fraction of sp³-hybridized carbons (Fsp3) is 0.286. The number of rotatable bonds is 4. The standard InChI is InChI=1S/C14H15N3O4/c1-9(2)8-16-12(18)14(3,15-13(16)19)10-4-6-11(7-5-10)17(20)21/h4-7H,1,8H2,2-3H3,(H,15,19). The van der Waals surface area contributed by atoms with E-state index >= 15 is 0 Å². The number of non-ortho nitro benzene ring substituents is 1. The second kappa shape index (κ2) is 5.01. The summed E-state index contributed by atoms with van der Waals surface area (Å²) < 4.78 is 0. The van der Waals surface area contributed by atoms with Crippen LogP contribution in [0.25, 0.3) is 0 Å². The second-order valence-electron chi connectivity index (χ2n) is 5.21. The van der Waals surface area contributed by atoms with Crippen molar-refractivity contribution in [3.8, 4) is 0 Å². The Morgan fingerprint density at radius 3 is 2.43 bits per heavy atom. The maximum atomic E-state index is 12.5. The molecule has 110 valence electrons. The van der Waals surface area contributed by atoms with Gasteiger partial charge in [-0.1, -0.05) is 12.2 Å². The van der Waals surface area contributed by atoms with Gasteiger partial charge in [-0.15, -0.1) is 0 Å². The third-order valence-corrected chi connectivity index (χ3v) is 3.36. The predicted octanol–water partition coefficient (Wildman–Crippen LogP) is 1.94. The highest BCUT2D eigenvalue weighted by Gasteiger charge is 2.48. The van der Waals surface area contributed by atoms with E-state index in [-0.39, 0.29) is 12.2 Å². The summed E-state index contributed by atoms with van der Waals surface area (Å²) in [6.07, 6.45) is 0. The molecular formula is C14H15N3O4. The molecule has 7 heteroatoms. The van der Waals surface area contributed by atoms with Crippen molar-refractivity contribution in [1.29, 1.82) is 0 Å². The van der Waals surface area contributed by atoms with Gasteiger partial charge in [0, 0.05) is 12.1 Å². The number of urea groups is 1. The molecule has 1 N–H and O–H groups in total. The highest BCUT2D eigenvalue weighted by molar-refractivity contribution is 6.07. The van der Waals surface area contributed by atoms with Crippen molar-refractivity contribution in [3.63, 3.8) is 0 Å². The number of amides is 3. The van der Waals surface area contributed by atoms with Crippen molar-refractivity contribution in [2.75, 3.05) is 6.54 Å². The quantitative estimate of drug-likeness (QED) is 0.397. The van der Waals surface area contributed by atoms with Gasteiger partial charge in [-0.2, -0.15) is 0 Å². The minimum absolute atomic E-state index is 0.0714. The van der Waals surface area contributed by atoms with Gasteiger partial charge in [0.1, 0.15) is 5.54 Å². The Hall–Kier alpha value is -2.70. The third-order valence-electron chi connectivity index (χ3n) is 3.36. The lowest BCUT2D eigenvalue weighted by Gasteiger charge is -2.22. The highest BCUT2D eigenvalue weighted by atomic mass is 16.6. The molecular weight excluding hydrogens is 274 g/mol. The van der Waals surface area contributed by atoms with Gasteiger partial charge in [0.25, 0.3) is 11.6 Å². The van der Waals surface area contributed by atoms with Gasteiger partial charge in [-0.3, -0.25) is 19.8 Å². The molecule has 1 heterocycles. The molecule has 1 atom stereocenters. The van der Waals surface area contributed by atoms with Crippen LogP contribution in [0.1, 0.15) is 19.4 Å². The van der Waals surface area contributed by atoms with E-state index in [2.05, 4.69) is 11.9 Å². The van der Waals surface area contributed by atoms with Crippen LogP contribution < -0.4 is 5.32 Å². The van der Waals surface area contributed by atoms with Crippen molar-refractivity contribution >= 4 is 17.6 Å². The number of nitro groups is 1. The van der Waals surface area contributed by atoms with Crippen LogP contribution in [0, 0.1) is 10.1 Å². The normalized spacial score (nSPS) is 21.3. The molecule has 1 saturated heterocycles. The minimum Gasteiger partial charge on any atom is -0.319 e. The Kier molecular flexibility index (Phi) is 3.51. The van der Waals surface area contributed by atoms with E-state index < -0.39 is 22.4 Å². The van der Waals surface area contributed by atoms with Crippen molar-refractivity contribution in [2.45, 2.75) is 19.4 Å². The molecule has 1 aliphatic rings. The molecule has 21 heavy (non-hydrogen) atoms. The Morgan fingerprint density at radius 2 is 1.95 bits per heavy atom. The van der Waals surface area contributed by atoms with E-state index in [0.29, 0.717) is 11.1 Å². The first-order chi connectivity index (χ1) is 9.75. The first kappa shape index (κ1) is 14.7. The molecule has 7 nitrogen and oxygen atoms in total. The Morgan fingerprint density at radius 1 is 1.38 bits per heavy atom. The zero-order valence-electron chi connectivity index (χ0n) is 11.8. The predicted molar refractivity (Wildman–Crippen MR) is 75.5 cm³/mol. The second-order valence-corrected chi connectivity index (χ2v) is 5.21. The lowest BCUT2D eigenvalue weighted by atomic mass is 9.92. The summed E-state index contributed by atoms with van der Waals surface area (Å²) in [7, 11) is 0. The van der Waals surface area contributed by atoms with Crippen LogP contribution >= 0.6 is 0 Å². The van der Waals surface area contributed by atoms with Crippen LogP contribution in [0.15, 0.2) is 36.4 Å². The molecule has 0 aliphatic carbocycles. The molecule has 1 aromatic carbocycles. The number of nitrogens with one attached hydrogen (secondary N) is 1. The van der Waals surface area contributed by atoms with E-state index in [1.807, 2.05) is 0 Å². The van der Waals surface area contributed by atoms with Gasteiger partial charge in [0.2, 0.25) is 0 Å². The van der Waals surface area contributed by atoms with Crippen LogP contribution in [0.5, 0.6) is 0 Å². The summed E-state index contributed by atoms with van der Waals surface area (Å²) in [5, 5.41) is 13.3. The van der Waals surface area contributed by atoms with Crippen molar-refractivity contribution < 1.29 is 14.5 Å². The minimum atomic E-state index is -1.22. The Bertz CT molecular complexity index is 638. The molecule has 2 rings (SSSR count). The van der Waals surface area contributed by atoms with E-state index in [1.165, 1.54) is 24.3 Å². The van der Waals surface area contributed by atoms with Crippen LogP contribution in [-0.4, -0.2) is 28.3 Å².